The average molecular weight is 173 g/mol. The fourth-order valence-corrected chi connectivity index (χ4v) is 1.11. The normalized spacial score (nSPS) is 28.2. The van der Waals surface area contributed by atoms with Crippen LogP contribution in [0.15, 0.2) is 0 Å². The van der Waals surface area contributed by atoms with Gasteiger partial charge in [0.05, 0.1) is 5.92 Å². The number of rotatable bonds is 2. The summed E-state index contributed by atoms with van der Waals surface area (Å²) in [5.41, 5.74) is 0. The van der Waals surface area contributed by atoms with Crippen molar-refractivity contribution in [1.82, 2.24) is 5.32 Å². The minimum absolute atomic E-state index is 0.258. The number of aliphatic carboxylic acids is 2. The zero-order chi connectivity index (χ0) is 9.30. The zero-order valence-corrected chi connectivity index (χ0v) is 5.98. The Balaban J connectivity index is 2.79. The molecule has 1 aliphatic rings. The molecule has 0 spiro atoms. The third-order valence-corrected chi connectivity index (χ3v) is 1.71. The third-order valence-electron chi connectivity index (χ3n) is 1.71. The van der Waals surface area contributed by atoms with E-state index in [1.54, 1.807) is 0 Å². The summed E-state index contributed by atoms with van der Waals surface area (Å²) in [6.45, 7) is 0. The van der Waals surface area contributed by atoms with Gasteiger partial charge in [-0.3, -0.25) is 9.59 Å². The van der Waals surface area contributed by atoms with E-state index in [1.165, 1.54) is 0 Å². The van der Waals surface area contributed by atoms with Gasteiger partial charge in [-0.2, -0.15) is 0 Å². The largest absolute Gasteiger partial charge is 0.481 e. The summed E-state index contributed by atoms with van der Waals surface area (Å²) in [7, 11) is 0. The van der Waals surface area contributed by atoms with Crippen molar-refractivity contribution in [3.63, 3.8) is 0 Å². The number of carboxylic acid groups (broad SMARTS) is 2. The molecule has 6 nitrogen and oxygen atoms in total. The predicted molar refractivity (Wildman–Crippen MR) is 35.3 cm³/mol. The molecule has 3 N–H and O–H groups in total. The first-order valence-electron chi connectivity index (χ1n) is 3.27. The molecular weight excluding hydrogens is 166 g/mol. The lowest BCUT2D eigenvalue weighted by Gasteiger charge is -2.08. The second-order valence-corrected chi connectivity index (χ2v) is 2.53. The molecule has 0 aromatic carbocycles. The van der Waals surface area contributed by atoms with E-state index < -0.39 is 29.8 Å². The summed E-state index contributed by atoms with van der Waals surface area (Å²) in [5.74, 6) is -4.25. The number of carboxylic acids is 2. The molecular formula is C6H7NO5. The van der Waals surface area contributed by atoms with Crippen LogP contribution in [-0.2, 0) is 14.4 Å². The van der Waals surface area contributed by atoms with Crippen LogP contribution in [0.1, 0.15) is 6.42 Å². The molecule has 1 fully saturated rings. The van der Waals surface area contributed by atoms with Crippen LogP contribution < -0.4 is 5.32 Å². The summed E-state index contributed by atoms with van der Waals surface area (Å²) in [4.78, 5) is 31.4. The molecule has 1 aliphatic heterocycles. The number of carbonyl (C=O) groups excluding carboxylic acids is 1. The SMILES string of the molecule is O=C1CC(C(=O)O)C(C(=O)O)N1. The van der Waals surface area contributed by atoms with Gasteiger partial charge in [-0.1, -0.05) is 0 Å². The molecule has 12 heavy (non-hydrogen) atoms. The van der Waals surface area contributed by atoms with Crippen LogP contribution in [0.3, 0.4) is 0 Å². The highest BCUT2D eigenvalue weighted by Gasteiger charge is 2.41. The lowest BCUT2D eigenvalue weighted by atomic mass is 10.0. The van der Waals surface area contributed by atoms with Gasteiger partial charge < -0.3 is 15.5 Å². The van der Waals surface area contributed by atoms with Gasteiger partial charge in [0, 0.05) is 6.42 Å². The average Bonchev–Trinajstić information content (AvgIpc) is 2.31. The lowest BCUT2D eigenvalue weighted by Crippen LogP contribution is -2.39. The maximum Gasteiger partial charge on any atom is 0.327 e. The second-order valence-electron chi connectivity index (χ2n) is 2.53. The van der Waals surface area contributed by atoms with Crippen molar-refractivity contribution in [2.24, 2.45) is 5.92 Å². The first kappa shape index (κ1) is 8.51. The summed E-state index contributed by atoms with van der Waals surface area (Å²) in [6, 6.07) is -1.28. The first-order valence-corrected chi connectivity index (χ1v) is 3.27. The minimum Gasteiger partial charge on any atom is -0.481 e. The van der Waals surface area contributed by atoms with Crippen LogP contribution in [0.4, 0.5) is 0 Å². The smallest absolute Gasteiger partial charge is 0.327 e. The number of nitrogens with one attached hydrogen (secondary N) is 1. The Morgan fingerprint density at radius 2 is 1.92 bits per heavy atom. The highest BCUT2D eigenvalue weighted by molar-refractivity contribution is 5.94. The van der Waals surface area contributed by atoms with Crippen LogP contribution in [0.2, 0.25) is 0 Å². The molecule has 0 bridgehead atoms. The minimum atomic E-state index is -1.31. The predicted octanol–water partition coefficient (Wildman–Crippen LogP) is -1.34. The molecule has 0 aliphatic carbocycles. The topological polar surface area (TPSA) is 104 Å². The standard InChI is InChI=1S/C6H7NO5/c8-3-1-2(5(9)10)4(7-3)6(11)12/h2,4H,1H2,(H,7,8)(H,9,10)(H,11,12). The molecule has 0 radical (unpaired) electrons. The van der Waals surface area contributed by atoms with E-state index in [0.29, 0.717) is 0 Å². The van der Waals surface area contributed by atoms with Crippen LogP contribution >= 0.6 is 0 Å². The molecule has 2 unspecified atom stereocenters. The van der Waals surface area contributed by atoms with E-state index in [-0.39, 0.29) is 6.42 Å². The van der Waals surface area contributed by atoms with Crippen molar-refractivity contribution in [2.75, 3.05) is 0 Å². The van der Waals surface area contributed by atoms with Crippen molar-refractivity contribution in [2.45, 2.75) is 12.5 Å². The number of hydrogen-bond donors (Lipinski definition) is 3. The van der Waals surface area contributed by atoms with Crippen LogP contribution in [0.25, 0.3) is 0 Å². The molecule has 66 valence electrons. The number of amides is 1. The molecule has 1 rings (SSSR count). The fraction of sp³-hybridized carbons (Fsp3) is 0.500. The van der Waals surface area contributed by atoms with Gasteiger partial charge in [0.2, 0.25) is 5.91 Å². The molecule has 0 aromatic heterocycles. The summed E-state index contributed by atoms with van der Waals surface area (Å²) in [5, 5.41) is 19.0. The Bertz CT molecular complexity index is 224. The maximum atomic E-state index is 10.6. The molecule has 1 saturated heterocycles. The summed E-state index contributed by atoms with van der Waals surface area (Å²) >= 11 is 0. The van der Waals surface area contributed by atoms with E-state index in [2.05, 4.69) is 5.32 Å². The van der Waals surface area contributed by atoms with Gasteiger partial charge in [-0.25, -0.2) is 4.79 Å². The fourth-order valence-electron chi connectivity index (χ4n) is 1.11. The zero-order valence-electron chi connectivity index (χ0n) is 5.98. The van der Waals surface area contributed by atoms with E-state index in [4.69, 9.17) is 10.2 Å². The highest BCUT2D eigenvalue weighted by atomic mass is 16.4. The van der Waals surface area contributed by atoms with Crippen molar-refractivity contribution in [1.29, 1.82) is 0 Å². The Morgan fingerprint density at radius 1 is 1.33 bits per heavy atom. The molecule has 1 heterocycles. The summed E-state index contributed by atoms with van der Waals surface area (Å²) < 4.78 is 0. The number of hydrogen-bond acceptors (Lipinski definition) is 3. The molecule has 0 aromatic rings. The molecule has 0 saturated carbocycles. The van der Waals surface area contributed by atoms with Gasteiger partial charge >= 0.3 is 11.9 Å². The second kappa shape index (κ2) is 2.80. The van der Waals surface area contributed by atoms with Gasteiger partial charge in [-0.05, 0) is 0 Å². The van der Waals surface area contributed by atoms with Crippen molar-refractivity contribution in [3.8, 4) is 0 Å². The Hall–Kier alpha value is -1.59. The van der Waals surface area contributed by atoms with Crippen LogP contribution in [0, 0.1) is 5.92 Å². The van der Waals surface area contributed by atoms with E-state index in [1.807, 2.05) is 0 Å². The molecule has 6 heteroatoms. The lowest BCUT2D eigenvalue weighted by molar-refractivity contribution is -0.149. The van der Waals surface area contributed by atoms with Crippen LogP contribution in [0.5, 0.6) is 0 Å². The summed E-state index contributed by atoms with van der Waals surface area (Å²) in [6.07, 6.45) is -0.258. The van der Waals surface area contributed by atoms with Crippen molar-refractivity contribution >= 4 is 17.8 Å². The Kier molecular flexibility index (Phi) is 1.99. The number of carbonyl (C=O) groups is 3. The Morgan fingerprint density at radius 3 is 2.25 bits per heavy atom. The van der Waals surface area contributed by atoms with E-state index in [0.717, 1.165) is 0 Å². The third kappa shape index (κ3) is 1.36. The quantitative estimate of drug-likeness (QED) is 0.479. The van der Waals surface area contributed by atoms with Gasteiger partial charge in [0.1, 0.15) is 6.04 Å². The van der Waals surface area contributed by atoms with Crippen molar-refractivity contribution in [3.05, 3.63) is 0 Å². The van der Waals surface area contributed by atoms with E-state index in [9.17, 15) is 14.4 Å². The molecule has 1 amide bonds. The van der Waals surface area contributed by atoms with Gasteiger partial charge in [0.25, 0.3) is 0 Å². The van der Waals surface area contributed by atoms with Crippen LogP contribution in [-0.4, -0.2) is 34.1 Å². The van der Waals surface area contributed by atoms with Gasteiger partial charge in [-0.15, -0.1) is 0 Å². The van der Waals surface area contributed by atoms with E-state index >= 15 is 0 Å². The maximum absolute atomic E-state index is 10.6. The monoisotopic (exact) mass is 173 g/mol. The molecule has 2 atom stereocenters. The van der Waals surface area contributed by atoms with Crippen molar-refractivity contribution < 1.29 is 24.6 Å². The highest BCUT2D eigenvalue weighted by Crippen LogP contribution is 2.16. The van der Waals surface area contributed by atoms with Gasteiger partial charge in [0.15, 0.2) is 0 Å². The first-order chi connectivity index (χ1) is 5.52. The Labute approximate surface area is 67.2 Å².